The van der Waals surface area contributed by atoms with Crippen LogP contribution in [0.3, 0.4) is 0 Å². The standard InChI is InChI=1S/C17H24BN4O4/c1-17(2,3)25-16(23)22-13-5-6-19-15(12(13)11-14(22)26-18-24)21-9-7-20(4)8-10-21/h5-6,11,24H,7-10H2,1-4H3. The number of ether oxygens (including phenoxy) is 1. The highest BCUT2D eigenvalue weighted by Crippen LogP contribution is 2.32. The van der Waals surface area contributed by atoms with Gasteiger partial charge >= 0.3 is 13.8 Å². The van der Waals surface area contributed by atoms with Crippen LogP contribution in [0.15, 0.2) is 18.3 Å². The molecule has 0 unspecified atom stereocenters. The molecule has 1 saturated heterocycles. The Morgan fingerprint density at radius 1 is 1.27 bits per heavy atom. The first kappa shape index (κ1) is 18.5. The topological polar surface area (TPSA) is 80.1 Å². The first-order valence-electron chi connectivity index (χ1n) is 8.60. The van der Waals surface area contributed by atoms with Gasteiger partial charge in [0.1, 0.15) is 11.4 Å². The lowest BCUT2D eigenvalue weighted by atomic mass is 10.2. The van der Waals surface area contributed by atoms with Crippen molar-refractivity contribution in [3.63, 3.8) is 0 Å². The van der Waals surface area contributed by atoms with E-state index in [1.54, 1.807) is 39.1 Å². The summed E-state index contributed by atoms with van der Waals surface area (Å²) in [6.45, 7) is 8.98. The van der Waals surface area contributed by atoms with Gasteiger partial charge in [-0.15, -0.1) is 0 Å². The molecule has 1 aliphatic heterocycles. The molecule has 139 valence electrons. The highest BCUT2D eigenvalue weighted by molar-refractivity contribution is 6.17. The third-order valence-electron chi connectivity index (χ3n) is 4.23. The fraction of sp³-hybridized carbons (Fsp3) is 0.529. The molecule has 1 aliphatic rings. The van der Waals surface area contributed by atoms with Crippen LogP contribution in [0, 0.1) is 0 Å². The van der Waals surface area contributed by atoms with Crippen molar-refractivity contribution in [2.45, 2.75) is 26.4 Å². The summed E-state index contributed by atoms with van der Waals surface area (Å²) in [5.74, 6) is 0.973. The quantitative estimate of drug-likeness (QED) is 0.832. The lowest BCUT2D eigenvalue weighted by molar-refractivity contribution is 0.0537. The summed E-state index contributed by atoms with van der Waals surface area (Å²) in [6, 6.07) is 3.44. The van der Waals surface area contributed by atoms with E-state index >= 15 is 0 Å². The van der Waals surface area contributed by atoms with Gasteiger partial charge in [0.25, 0.3) is 0 Å². The molecule has 0 aromatic carbocycles. The smallest absolute Gasteiger partial charge is 0.524 e. The zero-order valence-electron chi connectivity index (χ0n) is 15.6. The maximum absolute atomic E-state index is 12.7. The Kier molecular flexibility index (Phi) is 5.11. The summed E-state index contributed by atoms with van der Waals surface area (Å²) in [5, 5.41) is 9.86. The predicted molar refractivity (Wildman–Crippen MR) is 99.7 cm³/mol. The summed E-state index contributed by atoms with van der Waals surface area (Å²) < 4.78 is 12.0. The number of piperazine rings is 1. The summed E-state index contributed by atoms with van der Waals surface area (Å²) in [4.78, 5) is 21.7. The normalized spacial score (nSPS) is 16.0. The van der Waals surface area contributed by atoms with Crippen LogP contribution in [-0.4, -0.2) is 72.1 Å². The molecule has 3 rings (SSSR count). The molecule has 8 nitrogen and oxygen atoms in total. The molecule has 0 aliphatic carbocycles. The highest BCUT2D eigenvalue weighted by atomic mass is 16.6. The number of pyridine rings is 1. The molecule has 1 fully saturated rings. The second-order valence-corrected chi connectivity index (χ2v) is 7.38. The predicted octanol–water partition coefficient (Wildman–Crippen LogP) is 1.48. The number of carbonyl (C=O) groups excluding carboxylic acids is 1. The van der Waals surface area contributed by atoms with Crippen molar-refractivity contribution in [3.05, 3.63) is 18.3 Å². The van der Waals surface area contributed by atoms with Crippen molar-refractivity contribution in [2.24, 2.45) is 0 Å². The number of rotatable bonds is 3. The molecule has 0 amide bonds. The average molecular weight is 359 g/mol. The monoisotopic (exact) mass is 359 g/mol. The van der Waals surface area contributed by atoms with Gasteiger partial charge in [-0.1, -0.05) is 0 Å². The van der Waals surface area contributed by atoms with Crippen LogP contribution in [0.25, 0.3) is 10.9 Å². The Morgan fingerprint density at radius 2 is 1.96 bits per heavy atom. The van der Waals surface area contributed by atoms with E-state index in [0.29, 0.717) is 13.2 Å². The number of fused-ring (bicyclic) bond motifs is 1. The summed E-state index contributed by atoms with van der Waals surface area (Å²) >= 11 is 0. The average Bonchev–Trinajstić information content (AvgIpc) is 2.92. The van der Waals surface area contributed by atoms with Crippen LogP contribution < -0.4 is 9.55 Å². The number of hydrogen-bond acceptors (Lipinski definition) is 7. The molecule has 1 radical (unpaired) electrons. The molecule has 3 heterocycles. The zero-order valence-corrected chi connectivity index (χ0v) is 15.6. The SMILES string of the molecule is CN1CCN(c2nccc3c2cc(O[B]O)n3C(=O)OC(C)(C)C)CC1. The van der Waals surface area contributed by atoms with E-state index in [1.165, 1.54) is 4.57 Å². The molecular formula is C17H24BN4O4. The Labute approximate surface area is 153 Å². The second-order valence-electron chi connectivity index (χ2n) is 7.38. The van der Waals surface area contributed by atoms with Crippen molar-refractivity contribution in [2.75, 3.05) is 38.1 Å². The van der Waals surface area contributed by atoms with Gasteiger partial charge in [-0.25, -0.2) is 14.3 Å². The fourth-order valence-electron chi connectivity index (χ4n) is 3.00. The Balaban J connectivity index is 2.05. The van der Waals surface area contributed by atoms with Gasteiger partial charge in [0, 0.05) is 43.8 Å². The van der Waals surface area contributed by atoms with Gasteiger partial charge in [-0.2, -0.15) is 0 Å². The van der Waals surface area contributed by atoms with Gasteiger partial charge in [-0.05, 0) is 33.9 Å². The number of hydrogen-bond donors (Lipinski definition) is 1. The molecule has 0 atom stereocenters. The van der Waals surface area contributed by atoms with E-state index in [0.717, 1.165) is 37.4 Å². The Hall–Kier alpha value is -2.26. The van der Waals surface area contributed by atoms with E-state index < -0.39 is 11.7 Å². The number of aromatic nitrogens is 2. The van der Waals surface area contributed by atoms with Gasteiger partial charge in [0.2, 0.25) is 0 Å². The van der Waals surface area contributed by atoms with Gasteiger partial charge in [-0.3, -0.25) is 0 Å². The summed E-state index contributed by atoms with van der Waals surface area (Å²) in [5.41, 5.74) is -0.0266. The van der Waals surface area contributed by atoms with E-state index in [-0.39, 0.29) is 5.88 Å². The van der Waals surface area contributed by atoms with Crippen molar-refractivity contribution >= 4 is 30.5 Å². The van der Waals surface area contributed by atoms with E-state index in [9.17, 15) is 4.79 Å². The van der Waals surface area contributed by atoms with E-state index in [1.807, 2.05) is 0 Å². The van der Waals surface area contributed by atoms with E-state index in [4.69, 9.17) is 14.4 Å². The Bertz CT molecular complexity index is 794. The molecule has 0 saturated carbocycles. The van der Waals surface area contributed by atoms with Crippen molar-refractivity contribution < 1.29 is 19.2 Å². The van der Waals surface area contributed by atoms with Gasteiger partial charge in [0.05, 0.1) is 5.52 Å². The van der Waals surface area contributed by atoms with Crippen molar-refractivity contribution in [1.82, 2.24) is 14.5 Å². The minimum absolute atomic E-state index is 0.181. The largest absolute Gasteiger partial charge is 0.570 e. The molecule has 26 heavy (non-hydrogen) atoms. The third kappa shape index (κ3) is 3.78. The van der Waals surface area contributed by atoms with Gasteiger partial charge in [0.15, 0.2) is 5.88 Å². The lowest BCUT2D eigenvalue weighted by Gasteiger charge is -2.33. The summed E-state index contributed by atoms with van der Waals surface area (Å²) in [7, 11) is 2.64. The molecule has 0 spiro atoms. The van der Waals surface area contributed by atoms with Crippen LogP contribution >= 0.6 is 0 Å². The van der Waals surface area contributed by atoms with Crippen molar-refractivity contribution in [1.29, 1.82) is 0 Å². The molecule has 9 heteroatoms. The maximum atomic E-state index is 12.7. The number of carbonyl (C=O) groups is 1. The maximum Gasteiger partial charge on any atom is 0.570 e. The van der Waals surface area contributed by atoms with Crippen LogP contribution in [0.5, 0.6) is 5.88 Å². The number of anilines is 1. The third-order valence-corrected chi connectivity index (χ3v) is 4.23. The molecule has 2 aromatic heterocycles. The number of nitrogens with zero attached hydrogens (tertiary/aromatic N) is 4. The minimum Gasteiger partial charge on any atom is -0.524 e. The molecule has 0 bridgehead atoms. The highest BCUT2D eigenvalue weighted by Gasteiger charge is 2.26. The van der Waals surface area contributed by atoms with Crippen LogP contribution in [0.1, 0.15) is 20.8 Å². The zero-order chi connectivity index (χ0) is 18.9. The first-order chi connectivity index (χ1) is 12.3. The van der Waals surface area contributed by atoms with Crippen LogP contribution in [-0.2, 0) is 4.74 Å². The Morgan fingerprint density at radius 3 is 2.58 bits per heavy atom. The van der Waals surface area contributed by atoms with Crippen LogP contribution in [0.2, 0.25) is 0 Å². The molecule has 1 N–H and O–H groups in total. The fourth-order valence-corrected chi connectivity index (χ4v) is 3.00. The molecule has 2 aromatic rings. The number of likely N-dealkylation sites (N-methyl/N-ethyl adjacent to an activating group) is 1. The van der Waals surface area contributed by atoms with Gasteiger partial charge < -0.3 is 24.2 Å². The second kappa shape index (κ2) is 7.16. The lowest BCUT2D eigenvalue weighted by Crippen LogP contribution is -2.44. The summed E-state index contributed by atoms with van der Waals surface area (Å²) in [6.07, 6.45) is 1.10. The first-order valence-corrected chi connectivity index (χ1v) is 8.60. The molecular weight excluding hydrogens is 335 g/mol. The van der Waals surface area contributed by atoms with E-state index in [2.05, 4.69) is 21.8 Å². The minimum atomic E-state index is -0.652. The van der Waals surface area contributed by atoms with Crippen LogP contribution in [0.4, 0.5) is 10.6 Å². The van der Waals surface area contributed by atoms with Crippen molar-refractivity contribution in [3.8, 4) is 5.88 Å².